The van der Waals surface area contributed by atoms with E-state index in [0.29, 0.717) is 6.17 Å². The molecule has 0 aromatic heterocycles. The van der Waals surface area contributed by atoms with Crippen molar-refractivity contribution in [3.8, 4) is 0 Å². The van der Waals surface area contributed by atoms with E-state index in [1.165, 1.54) is 0 Å². The van der Waals surface area contributed by atoms with Gasteiger partial charge in [-0.3, -0.25) is 0 Å². The molecule has 0 fully saturated rings. The van der Waals surface area contributed by atoms with Gasteiger partial charge in [0.15, 0.2) is 0 Å². The lowest BCUT2D eigenvalue weighted by atomic mass is 10.3. The van der Waals surface area contributed by atoms with Gasteiger partial charge in [-0.2, -0.15) is 0 Å². The minimum atomic E-state index is 0.315. The molecule has 2 heteroatoms. The lowest BCUT2D eigenvalue weighted by molar-refractivity contribution is 0.425. The second-order valence-electron chi connectivity index (χ2n) is 2.04. The SMILES string of the molecule is [C]1=CN2C=CC=CC2N1. The van der Waals surface area contributed by atoms with Crippen molar-refractivity contribution in [3.05, 3.63) is 36.8 Å². The minimum Gasteiger partial charge on any atom is -0.359 e. The lowest BCUT2D eigenvalue weighted by Gasteiger charge is -2.20. The molecule has 1 radical (unpaired) electrons. The molecule has 45 valence electrons. The van der Waals surface area contributed by atoms with Crippen LogP contribution in [0.15, 0.2) is 30.6 Å². The molecule has 1 N–H and O–H groups in total. The van der Waals surface area contributed by atoms with E-state index in [0.717, 1.165) is 0 Å². The largest absolute Gasteiger partial charge is 0.359 e. The summed E-state index contributed by atoms with van der Waals surface area (Å²) in [5, 5.41) is 3.04. The zero-order chi connectivity index (χ0) is 6.10. The third-order valence-electron chi connectivity index (χ3n) is 1.43. The highest BCUT2D eigenvalue weighted by molar-refractivity contribution is 5.16. The van der Waals surface area contributed by atoms with Crippen molar-refractivity contribution in [3.63, 3.8) is 0 Å². The van der Waals surface area contributed by atoms with E-state index in [-0.39, 0.29) is 0 Å². The monoisotopic (exact) mass is 119 g/mol. The number of nitrogens with one attached hydrogen (secondary N) is 1. The molecule has 2 rings (SSSR count). The van der Waals surface area contributed by atoms with E-state index in [4.69, 9.17) is 0 Å². The first-order chi connectivity index (χ1) is 4.47. The van der Waals surface area contributed by atoms with Gasteiger partial charge in [-0.15, -0.1) is 0 Å². The summed E-state index contributed by atoms with van der Waals surface area (Å²) in [5.41, 5.74) is 0. The van der Waals surface area contributed by atoms with Crippen molar-refractivity contribution in [2.75, 3.05) is 0 Å². The minimum absolute atomic E-state index is 0.315. The van der Waals surface area contributed by atoms with E-state index in [2.05, 4.69) is 22.5 Å². The Balaban J connectivity index is 2.25. The van der Waals surface area contributed by atoms with Gasteiger partial charge in [0.2, 0.25) is 0 Å². The van der Waals surface area contributed by atoms with Crippen LogP contribution in [0, 0.1) is 6.20 Å². The molecule has 1 unspecified atom stereocenters. The maximum absolute atomic E-state index is 3.04. The van der Waals surface area contributed by atoms with Crippen LogP contribution >= 0.6 is 0 Å². The van der Waals surface area contributed by atoms with Crippen LogP contribution in [0.4, 0.5) is 0 Å². The maximum Gasteiger partial charge on any atom is 0.122 e. The van der Waals surface area contributed by atoms with Gasteiger partial charge < -0.3 is 10.2 Å². The molecule has 0 saturated heterocycles. The van der Waals surface area contributed by atoms with Crippen LogP contribution in [-0.4, -0.2) is 11.1 Å². The average molecular weight is 119 g/mol. The zero-order valence-corrected chi connectivity index (χ0v) is 4.91. The Morgan fingerprint density at radius 2 is 2.44 bits per heavy atom. The summed E-state index contributed by atoms with van der Waals surface area (Å²) in [4.78, 5) is 2.06. The number of allylic oxidation sites excluding steroid dienone is 2. The van der Waals surface area contributed by atoms with Gasteiger partial charge in [0, 0.05) is 12.4 Å². The summed E-state index contributed by atoms with van der Waals surface area (Å²) in [6, 6.07) is 0. The lowest BCUT2D eigenvalue weighted by Crippen LogP contribution is -2.30. The van der Waals surface area contributed by atoms with Gasteiger partial charge in [-0.05, 0) is 12.2 Å². The summed E-state index contributed by atoms with van der Waals surface area (Å²) in [5.74, 6) is 0. The Labute approximate surface area is 54.2 Å². The fraction of sp³-hybridized carbons (Fsp3) is 0.143. The number of hydrogen-bond donors (Lipinski definition) is 1. The predicted octanol–water partition coefficient (Wildman–Crippen LogP) is 0.576. The Kier molecular flexibility index (Phi) is 0.859. The highest BCUT2D eigenvalue weighted by Gasteiger charge is 2.13. The Hall–Kier alpha value is -1.18. The molecule has 0 aromatic rings. The molecular formula is C7H7N2. The summed E-state index contributed by atoms with van der Waals surface area (Å²) in [7, 11) is 0. The van der Waals surface area contributed by atoms with Gasteiger partial charge in [0.1, 0.15) is 6.17 Å². The van der Waals surface area contributed by atoms with E-state index < -0.39 is 0 Å². The second kappa shape index (κ2) is 1.65. The Bertz CT molecular complexity index is 191. The van der Waals surface area contributed by atoms with Crippen LogP contribution in [0.2, 0.25) is 0 Å². The van der Waals surface area contributed by atoms with Crippen molar-refractivity contribution >= 4 is 0 Å². The van der Waals surface area contributed by atoms with Gasteiger partial charge in [-0.1, -0.05) is 6.08 Å². The molecule has 2 heterocycles. The third-order valence-corrected chi connectivity index (χ3v) is 1.43. The van der Waals surface area contributed by atoms with Gasteiger partial charge >= 0.3 is 0 Å². The van der Waals surface area contributed by atoms with Crippen molar-refractivity contribution in [1.29, 1.82) is 0 Å². The Morgan fingerprint density at radius 1 is 1.44 bits per heavy atom. The predicted molar refractivity (Wildman–Crippen MR) is 34.9 cm³/mol. The molecule has 0 aromatic carbocycles. The maximum atomic E-state index is 3.04. The highest BCUT2D eigenvalue weighted by atomic mass is 15.3. The average Bonchev–Trinajstić information content (AvgIpc) is 2.33. The van der Waals surface area contributed by atoms with Crippen LogP contribution < -0.4 is 5.32 Å². The summed E-state index contributed by atoms with van der Waals surface area (Å²) >= 11 is 0. The number of nitrogens with zero attached hydrogens (tertiary/aromatic N) is 1. The molecule has 2 nitrogen and oxygen atoms in total. The van der Waals surface area contributed by atoms with Crippen LogP contribution in [0.5, 0.6) is 0 Å². The molecule has 0 aliphatic carbocycles. The van der Waals surface area contributed by atoms with Crippen molar-refractivity contribution in [1.82, 2.24) is 10.2 Å². The topological polar surface area (TPSA) is 15.3 Å². The van der Waals surface area contributed by atoms with Crippen molar-refractivity contribution in [2.24, 2.45) is 0 Å². The fourth-order valence-electron chi connectivity index (χ4n) is 0.954. The van der Waals surface area contributed by atoms with E-state index in [9.17, 15) is 0 Å². The van der Waals surface area contributed by atoms with Crippen LogP contribution in [0.1, 0.15) is 0 Å². The molecule has 0 spiro atoms. The highest BCUT2D eigenvalue weighted by Crippen LogP contribution is 2.09. The summed E-state index contributed by atoms with van der Waals surface area (Å²) in [6.07, 6.45) is 13.2. The molecule has 0 amide bonds. The van der Waals surface area contributed by atoms with Gasteiger partial charge in [-0.25, -0.2) is 0 Å². The van der Waals surface area contributed by atoms with Crippen molar-refractivity contribution < 1.29 is 0 Å². The first-order valence-corrected chi connectivity index (χ1v) is 2.94. The van der Waals surface area contributed by atoms with Crippen LogP contribution in [0.25, 0.3) is 0 Å². The van der Waals surface area contributed by atoms with E-state index in [1.54, 1.807) is 0 Å². The molecule has 2 aliphatic rings. The van der Waals surface area contributed by atoms with Crippen LogP contribution in [0.3, 0.4) is 0 Å². The first kappa shape index (κ1) is 4.68. The number of rotatable bonds is 0. The van der Waals surface area contributed by atoms with E-state index in [1.807, 2.05) is 24.6 Å². The molecule has 2 aliphatic heterocycles. The normalized spacial score (nSPS) is 28.4. The van der Waals surface area contributed by atoms with E-state index >= 15 is 0 Å². The standard InChI is InChI=1S/C7H7N2/c1-2-5-9-6-4-8-7(9)3-1/h1-3,5-8H. The quantitative estimate of drug-likeness (QED) is 0.501. The Morgan fingerprint density at radius 3 is 3.33 bits per heavy atom. The summed E-state index contributed by atoms with van der Waals surface area (Å²) < 4.78 is 0. The second-order valence-corrected chi connectivity index (χ2v) is 2.04. The molecule has 9 heavy (non-hydrogen) atoms. The zero-order valence-electron chi connectivity index (χ0n) is 4.91. The molecule has 0 bridgehead atoms. The molecular weight excluding hydrogens is 112 g/mol. The van der Waals surface area contributed by atoms with Crippen molar-refractivity contribution in [2.45, 2.75) is 6.17 Å². The van der Waals surface area contributed by atoms with Gasteiger partial charge in [0.25, 0.3) is 0 Å². The summed E-state index contributed by atoms with van der Waals surface area (Å²) in [6.45, 7) is 0. The van der Waals surface area contributed by atoms with Gasteiger partial charge in [0.05, 0.1) is 6.20 Å². The number of fused-ring (bicyclic) bond motifs is 1. The smallest absolute Gasteiger partial charge is 0.122 e. The molecule has 0 saturated carbocycles. The third kappa shape index (κ3) is 0.633. The van der Waals surface area contributed by atoms with Crippen LogP contribution in [-0.2, 0) is 0 Å². The number of hydrogen-bond acceptors (Lipinski definition) is 2. The molecule has 1 atom stereocenters. The fourth-order valence-corrected chi connectivity index (χ4v) is 0.954. The first-order valence-electron chi connectivity index (χ1n) is 2.94.